The lowest BCUT2D eigenvalue weighted by Gasteiger charge is -2.15. The van der Waals surface area contributed by atoms with Crippen LogP contribution in [0, 0.1) is 12.3 Å². The van der Waals surface area contributed by atoms with Crippen molar-refractivity contribution in [3.05, 3.63) is 0 Å². The number of amides is 1. The Morgan fingerprint density at radius 1 is 1.69 bits per heavy atom. The quantitative estimate of drug-likeness (QED) is 0.592. The van der Waals surface area contributed by atoms with Gasteiger partial charge in [-0.2, -0.15) is 0 Å². The maximum atomic E-state index is 11.1. The van der Waals surface area contributed by atoms with E-state index in [1.165, 1.54) is 0 Å². The smallest absolute Gasteiger partial charge is 0.232 e. The summed E-state index contributed by atoms with van der Waals surface area (Å²) in [6.45, 7) is 2.59. The first-order valence-corrected chi connectivity index (χ1v) is 4.67. The number of carbonyl (C=O) groups excluding carboxylic acids is 1. The highest BCUT2D eigenvalue weighted by atomic mass is 16.1. The lowest BCUT2D eigenvalue weighted by molar-refractivity contribution is -0.120. The number of terminal acetylenes is 1. The topological polar surface area (TPSA) is 55.1 Å². The van der Waals surface area contributed by atoms with E-state index in [9.17, 15) is 4.79 Å². The molecule has 0 aliphatic carbocycles. The first-order chi connectivity index (χ1) is 6.24. The largest absolute Gasteiger partial charge is 0.351 e. The number of carbonyl (C=O) groups is 1. The average Bonchev–Trinajstić information content (AvgIpc) is 2.12. The molecule has 0 bridgehead atoms. The zero-order valence-corrected chi connectivity index (χ0v) is 8.18. The minimum Gasteiger partial charge on any atom is -0.351 e. The van der Waals surface area contributed by atoms with Crippen LogP contribution in [0.1, 0.15) is 32.6 Å². The van der Waals surface area contributed by atoms with Crippen molar-refractivity contribution in [3.8, 4) is 12.3 Å². The molecule has 13 heavy (non-hydrogen) atoms. The molecule has 0 rings (SSSR count). The van der Waals surface area contributed by atoms with Gasteiger partial charge in [0.05, 0.1) is 6.42 Å². The first-order valence-electron chi connectivity index (χ1n) is 4.67. The molecule has 0 aliphatic heterocycles. The van der Waals surface area contributed by atoms with Crippen molar-refractivity contribution in [1.82, 2.24) is 5.32 Å². The van der Waals surface area contributed by atoms with Crippen LogP contribution in [0.15, 0.2) is 0 Å². The van der Waals surface area contributed by atoms with Gasteiger partial charge in [-0.25, -0.2) is 0 Å². The van der Waals surface area contributed by atoms with Gasteiger partial charge in [-0.05, 0) is 6.42 Å². The lowest BCUT2D eigenvalue weighted by Crippen LogP contribution is -2.39. The van der Waals surface area contributed by atoms with E-state index in [0.717, 1.165) is 19.3 Å². The highest BCUT2D eigenvalue weighted by molar-refractivity contribution is 5.78. The van der Waals surface area contributed by atoms with Crippen molar-refractivity contribution in [3.63, 3.8) is 0 Å². The molecule has 1 amide bonds. The molecule has 74 valence electrons. The Morgan fingerprint density at radius 3 is 2.85 bits per heavy atom. The van der Waals surface area contributed by atoms with Crippen LogP contribution in [0.2, 0.25) is 0 Å². The number of unbranched alkanes of at least 4 members (excludes halogenated alkanes) is 1. The zero-order valence-electron chi connectivity index (χ0n) is 8.18. The van der Waals surface area contributed by atoms with Crippen LogP contribution in [0.3, 0.4) is 0 Å². The maximum absolute atomic E-state index is 11.1. The number of hydrogen-bond donors (Lipinski definition) is 2. The van der Waals surface area contributed by atoms with Crippen LogP contribution in [-0.2, 0) is 4.79 Å². The van der Waals surface area contributed by atoms with Gasteiger partial charge in [0.25, 0.3) is 0 Å². The summed E-state index contributed by atoms with van der Waals surface area (Å²) in [7, 11) is 0. The molecule has 0 aromatic carbocycles. The van der Waals surface area contributed by atoms with Gasteiger partial charge in [-0.15, -0.1) is 6.42 Å². The van der Waals surface area contributed by atoms with E-state index in [4.69, 9.17) is 12.2 Å². The van der Waals surface area contributed by atoms with Crippen LogP contribution in [0.5, 0.6) is 0 Å². The third kappa shape index (κ3) is 6.18. The van der Waals surface area contributed by atoms with Crippen molar-refractivity contribution in [2.24, 2.45) is 5.73 Å². The molecule has 0 spiro atoms. The van der Waals surface area contributed by atoms with Gasteiger partial charge in [0.1, 0.15) is 0 Å². The van der Waals surface area contributed by atoms with Crippen LogP contribution in [0.25, 0.3) is 0 Å². The van der Waals surface area contributed by atoms with Gasteiger partial charge in [0, 0.05) is 12.6 Å². The van der Waals surface area contributed by atoms with Gasteiger partial charge in [-0.1, -0.05) is 25.7 Å². The molecule has 0 saturated carbocycles. The second-order valence-corrected chi connectivity index (χ2v) is 3.02. The van der Waals surface area contributed by atoms with Crippen molar-refractivity contribution in [2.45, 2.75) is 38.6 Å². The molecular formula is C10H18N2O. The Kier molecular flexibility index (Phi) is 7.04. The summed E-state index contributed by atoms with van der Waals surface area (Å²) in [6.07, 6.45) is 8.27. The van der Waals surface area contributed by atoms with E-state index >= 15 is 0 Å². The molecule has 0 aliphatic rings. The third-order valence-electron chi connectivity index (χ3n) is 1.82. The SMILES string of the molecule is C#CCC(=O)NC(CN)CCCC. The van der Waals surface area contributed by atoms with Gasteiger partial charge in [-0.3, -0.25) is 4.79 Å². The molecule has 0 saturated heterocycles. The normalized spacial score (nSPS) is 11.8. The molecule has 0 fully saturated rings. The minimum atomic E-state index is -0.103. The Bertz CT molecular complexity index is 184. The lowest BCUT2D eigenvalue weighted by atomic mass is 10.1. The molecule has 3 nitrogen and oxygen atoms in total. The molecule has 1 atom stereocenters. The molecule has 3 heteroatoms. The highest BCUT2D eigenvalue weighted by Gasteiger charge is 2.08. The standard InChI is InChI=1S/C10H18N2O/c1-3-5-7-9(8-11)12-10(13)6-4-2/h2,9H,3,5-8,11H2,1H3,(H,12,13). The van der Waals surface area contributed by atoms with Gasteiger partial charge < -0.3 is 11.1 Å². The average molecular weight is 182 g/mol. The van der Waals surface area contributed by atoms with E-state index in [1.807, 2.05) is 0 Å². The fourth-order valence-corrected chi connectivity index (χ4v) is 1.07. The summed E-state index contributed by atoms with van der Waals surface area (Å²) in [5.41, 5.74) is 5.49. The second-order valence-electron chi connectivity index (χ2n) is 3.02. The first kappa shape index (κ1) is 12.0. The van der Waals surface area contributed by atoms with E-state index in [1.54, 1.807) is 0 Å². The molecule has 0 heterocycles. The maximum Gasteiger partial charge on any atom is 0.232 e. The van der Waals surface area contributed by atoms with E-state index in [0.29, 0.717) is 6.54 Å². The van der Waals surface area contributed by atoms with Crippen LogP contribution < -0.4 is 11.1 Å². The van der Waals surface area contributed by atoms with Crippen molar-refractivity contribution >= 4 is 5.91 Å². The number of rotatable bonds is 6. The van der Waals surface area contributed by atoms with Crippen LogP contribution in [0.4, 0.5) is 0 Å². The Balaban J connectivity index is 3.70. The summed E-state index contributed by atoms with van der Waals surface area (Å²) in [5.74, 6) is 2.20. The van der Waals surface area contributed by atoms with Crippen molar-refractivity contribution in [1.29, 1.82) is 0 Å². The Labute approximate surface area is 80.1 Å². The second kappa shape index (κ2) is 7.63. The fourth-order valence-electron chi connectivity index (χ4n) is 1.07. The van der Waals surface area contributed by atoms with Crippen molar-refractivity contribution in [2.75, 3.05) is 6.54 Å². The fraction of sp³-hybridized carbons (Fsp3) is 0.700. The van der Waals surface area contributed by atoms with Gasteiger partial charge in [0.15, 0.2) is 0 Å². The van der Waals surface area contributed by atoms with Gasteiger partial charge in [0.2, 0.25) is 5.91 Å². The molecule has 0 aromatic rings. The predicted molar refractivity (Wildman–Crippen MR) is 54.0 cm³/mol. The number of nitrogens with two attached hydrogens (primary N) is 1. The molecule has 0 radical (unpaired) electrons. The van der Waals surface area contributed by atoms with E-state index in [2.05, 4.69) is 18.2 Å². The monoisotopic (exact) mass is 182 g/mol. The van der Waals surface area contributed by atoms with Gasteiger partial charge >= 0.3 is 0 Å². The van der Waals surface area contributed by atoms with Crippen LogP contribution in [-0.4, -0.2) is 18.5 Å². The van der Waals surface area contributed by atoms with Crippen molar-refractivity contribution < 1.29 is 4.79 Å². The predicted octanol–water partition coefficient (Wildman–Crippen LogP) is 0.643. The third-order valence-corrected chi connectivity index (χ3v) is 1.82. The summed E-state index contributed by atoms with van der Waals surface area (Å²) in [5, 5.41) is 2.80. The molecule has 1 unspecified atom stereocenters. The van der Waals surface area contributed by atoms with Crippen LogP contribution >= 0.6 is 0 Å². The summed E-state index contributed by atoms with van der Waals surface area (Å²) in [4.78, 5) is 11.1. The minimum absolute atomic E-state index is 0.0841. The number of nitrogens with one attached hydrogen (secondary N) is 1. The highest BCUT2D eigenvalue weighted by Crippen LogP contribution is 1.99. The van der Waals surface area contributed by atoms with E-state index in [-0.39, 0.29) is 18.4 Å². The molecule has 0 aromatic heterocycles. The Hall–Kier alpha value is -1.01. The summed E-state index contributed by atoms with van der Waals surface area (Å²) in [6, 6.07) is 0.0841. The Morgan fingerprint density at radius 2 is 2.38 bits per heavy atom. The zero-order chi connectivity index (χ0) is 10.1. The van der Waals surface area contributed by atoms with E-state index < -0.39 is 0 Å². The molecular weight excluding hydrogens is 164 g/mol. The molecule has 3 N–H and O–H groups in total. The summed E-state index contributed by atoms with van der Waals surface area (Å²) < 4.78 is 0. The summed E-state index contributed by atoms with van der Waals surface area (Å²) >= 11 is 0. The number of hydrogen-bond acceptors (Lipinski definition) is 2.